The third-order valence-corrected chi connectivity index (χ3v) is 0.178. The molecule has 38 valence electrons. The van der Waals surface area contributed by atoms with Gasteiger partial charge in [0.15, 0.2) is 0 Å². The van der Waals surface area contributed by atoms with Crippen molar-refractivity contribution in [2.45, 2.75) is 5.63 Å². The van der Waals surface area contributed by atoms with Crippen LogP contribution >= 0.6 is 11.6 Å². The molecule has 0 heterocycles. The Bertz CT molecular complexity index is 42.7. The van der Waals surface area contributed by atoms with Crippen molar-refractivity contribution >= 4 is 17.9 Å². The fourth-order valence-electron chi connectivity index (χ4n) is 0. The Labute approximate surface area is 57.5 Å². The standard InChI is InChI=1S/C2HClFO.Li.H2O/c3-2(4)1-5;;/h2H;;1H2/q-1;+1;/p-1. The van der Waals surface area contributed by atoms with E-state index in [4.69, 9.17) is 4.79 Å². The summed E-state index contributed by atoms with van der Waals surface area (Å²) < 4.78 is 10.8. The molecule has 0 rings (SSSR count). The first kappa shape index (κ1) is 15.7. The summed E-state index contributed by atoms with van der Waals surface area (Å²) in [5.74, 6) is 0. The van der Waals surface area contributed by atoms with E-state index in [9.17, 15) is 4.39 Å². The molecular formula is C2H2ClFLiO2-. The molecule has 0 bridgehead atoms. The zero-order chi connectivity index (χ0) is 4.28. The number of carbonyl (C=O) groups excluding carboxylic acids is 1. The average Bonchev–Trinajstić information content (AvgIpc) is 1.38. The summed E-state index contributed by atoms with van der Waals surface area (Å²) in [6.45, 7) is 0. The van der Waals surface area contributed by atoms with E-state index >= 15 is 0 Å². The quantitative estimate of drug-likeness (QED) is 0.217. The van der Waals surface area contributed by atoms with Crippen molar-refractivity contribution in [3.63, 3.8) is 0 Å². The van der Waals surface area contributed by atoms with Crippen LogP contribution in [-0.4, -0.2) is 17.4 Å². The zero-order valence-corrected chi connectivity index (χ0v) is 4.44. The maximum Gasteiger partial charge on any atom is 1.00 e. The first-order valence-electron chi connectivity index (χ1n) is 0.929. The second kappa shape index (κ2) is 9.67. The molecule has 0 saturated heterocycles. The van der Waals surface area contributed by atoms with Crippen molar-refractivity contribution in [3.8, 4) is 0 Å². The second-order valence-corrected chi connectivity index (χ2v) is 0.802. The molecule has 0 saturated carbocycles. The third kappa shape index (κ3) is 21.3. The van der Waals surface area contributed by atoms with Crippen LogP contribution in [-0.2, 0) is 4.79 Å². The number of rotatable bonds is 1. The van der Waals surface area contributed by atoms with E-state index in [0.717, 1.165) is 6.29 Å². The Morgan fingerprint density at radius 1 is 1.71 bits per heavy atom. The van der Waals surface area contributed by atoms with Crippen LogP contribution in [0.25, 0.3) is 0 Å². The number of hydrogen-bond acceptors (Lipinski definition) is 2. The summed E-state index contributed by atoms with van der Waals surface area (Å²) in [5, 5.41) is 0. The van der Waals surface area contributed by atoms with Gasteiger partial charge in [-0.1, -0.05) is 0 Å². The van der Waals surface area contributed by atoms with Crippen LogP contribution in [0.15, 0.2) is 0 Å². The van der Waals surface area contributed by atoms with E-state index in [-0.39, 0.29) is 24.3 Å². The normalized spacial score (nSPS) is 10.0. The first-order chi connectivity index (χ1) is 2.27. The van der Waals surface area contributed by atoms with Gasteiger partial charge < -0.3 is 10.3 Å². The van der Waals surface area contributed by atoms with Gasteiger partial charge in [-0.15, -0.1) is 11.6 Å². The van der Waals surface area contributed by atoms with Crippen molar-refractivity contribution < 1.29 is 33.5 Å². The van der Waals surface area contributed by atoms with E-state index in [1.807, 2.05) is 0 Å². The van der Waals surface area contributed by atoms with Crippen molar-refractivity contribution in [2.24, 2.45) is 0 Å². The van der Waals surface area contributed by atoms with Crippen LogP contribution in [0.1, 0.15) is 0 Å². The maximum atomic E-state index is 10.8. The fraction of sp³-hybridized carbons (Fsp3) is 0.500. The molecular weight excluding hydrogens is 117 g/mol. The molecule has 0 spiro atoms. The van der Waals surface area contributed by atoms with Gasteiger partial charge in [-0.25, -0.2) is 6.29 Å². The average molecular weight is 119 g/mol. The van der Waals surface area contributed by atoms with E-state index < -0.39 is 5.63 Å². The van der Waals surface area contributed by atoms with Crippen LogP contribution < -0.4 is 18.9 Å². The monoisotopic (exact) mass is 119 g/mol. The minimum atomic E-state index is -1.95. The minimum absolute atomic E-state index is 0. The Balaban J connectivity index is -0.0000000800. The first-order valence-corrected chi connectivity index (χ1v) is 1.37. The molecule has 0 amide bonds. The second-order valence-electron chi connectivity index (χ2n) is 0.419. The molecule has 0 aromatic heterocycles. The van der Waals surface area contributed by atoms with E-state index in [2.05, 4.69) is 11.6 Å². The van der Waals surface area contributed by atoms with Crippen molar-refractivity contribution in [1.82, 2.24) is 0 Å². The number of hydrogen-bond donors (Lipinski definition) is 0. The Morgan fingerprint density at radius 3 is 1.86 bits per heavy atom. The van der Waals surface area contributed by atoms with Gasteiger partial charge >= 0.3 is 18.9 Å². The Hall–Kier alpha value is 0.447. The zero-order valence-electron chi connectivity index (χ0n) is 3.69. The van der Waals surface area contributed by atoms with Crippen LogP contribution in [0, 0.1) is 0 Å². The SMILES string of the molecule is O=[C-]C(F)Cl.[Li+].[OH-]. The molecule has 1 atom stereocenters. The molecule has 1 N–H and O–H groups in total. The summed E-state index contributed by atoms with van der Waals surface area (Å²) in [6, 6.07) is 0. The molecule has 0 aliphatic rings. The molecule has 1 unspecified atom stereocenters. The Kier molecular flexibility index (Phi) is 21.6. The van der Waals surface area contributed by atoms with Crippen molar-refractivity contribution in [1.29, 1.82) is 0 Å². The molecule has 0 aromatic rings. The molecule has 0 aliphatic carbocycles. The van der Waals surface area contributed by atoms with E-state index in [1.165, 1.54) is 0 Å². The summed E-state index contributed by atoms with van der Waals surface area (Å²) in [7, 11) is 0. The van der Waals surface area contributed by atoms with E-state index in [1.54, 1.807) is 0 Å². The number of alkyl halides is 2. The molecule has 5 heteroatoms. The van der Waals surface area contributed by atoms with Gasteiger partial charge in [0.05, 0.1) is 5.63 Å². The van der Waals surface area contributed by atoms with Gasteiger partial charge in [0, 0.05) is 0 Å². The van der Waals surface area contributed by atoms with Gasteiger partial charge in [0.1, 0.15) is 0 Å². The van der Waals surface area contributed by atoms with Gasteiger partial charge in [-0.2, -0.15) is 0 Å². The molecule has 0 aliphatic heterocycles. The maximum absolute atomic E-state index is 10.8. The van der Waals surface area contributed by atoms with Crippen molar-refractivity contribution in [2.75, 3.05) is 0 Å². The van der Waals surface area contributed by atoms with Crippen molar-refractivity contribution in [3.05, 3.63) is 0 Å². The summed E-state index contributed by atoms with van der Waals surface area (Å²) >= 11 is 4.37. The predicted octanol–water partition coefficient (Wildman–Crippen LogP) is -2.54. The topological polar surface area (TPSA) is 47.1 Å². The van der Waals surface area contributed by atoms with Crippen LogP contribution in [0.2, 0.25) is 0 Å². The summed E-state index contributed by atoms with van der Waals surface area (Å²) in [5.41, 5.74) is -1.95. The molecule has 7 heavy (non-hydrogen) atoms. The van der Waals surface area contributed by atoms with Gasteiger partial charge in [0.25, 0.3) is 0 Å². The number of halogens is 2. The smallest absolute Gasteiger partial charge is 0.870 e. The molecule has 2 nitrogen and oxygen atoms in total. The largest absolute Gasteiger partial charge is 1.00 e. The Morgan fingerprint density at radius 2 is 1.86 bits per heavy atom. The molecule has 0 radical (unpaired) electrons. The van der Waals surface area contributed by atoms with Gasteiger partial charge in [-0.05, 0) is 0 Å². The minimum Gasteiger partial charge on any atom is -0.870 e. The summed E-state index contributed by atoms with van der Waals surface area (Å²) in [6.07, 6.45) is 0.877. The van der Waals surface area contributed by atoms with Crippen LogP contribution in [0.4, 0.5) is 4.39 Å². The summed E-state index contributed by atoms with van der Waals surface area (Å²) in [4.78, 5) is 8.87. The third-order valence-electron chi connectivity index (χ3n) is 0.0891. The molecule has 0 fully saturated rings. The van der Waals surface area contributed by atoms with Gasteiger partial charge in [-0.3, -0.25) is 4.39 Å². The predicted molar refractivity (Wildman–Crippen MR) is 18.4 cm³/mol. The van der Waals surface area contributed by atoms with Gasteiger partial charge in [0.2, 0.25) is 0 Å². The van der Waals surface area contributed by atoms with E-state index in [0.29, 0.717) is 0 Å². The van der Waals surface area contributed by atoms with Crippen LogP contribution in [0.5, 0.6) is 0 Å². The molecule has 0 aromatic carbocycles. The van der Waals surface area contributed by atoms with Crippen LogP contribution in [0.3, 0.4) is 0 Å². The fourth-order valence-corrected chi connectivity index (χ4v) is 0.